The third-order valence-electron chi connectivity index (χ3n) is 2.24. The van der Waals surface area contributed by atoms with Gasteiger partial charge in [-0.3, -0.25) is 9.59 Å². The van der Waals surface area contributed by atoms with Gasteiger partial charge in [-0.15, -0.1) is 0 Å². The molecule has 0 atom stereocenters. The molecule has 1 aromatic carbocycles. The van der Waals surface area contributed by atoms with Crippen LogP contribution in [0.1, 0.15) is 24.3 Å². The molecule has 0 aliphatic heterocycles. The molecular formula is C11H10Cl2O4. The fourth-order valence-corrected chi connectivity index (χ4v) is 1.99. The molecule has 0 bridgehead atoms. The van der Waals surface area contributed by atoms with Crippen LogP contribution in [-0.2, 0) is 9.59 Å². The van der Waals surface area contributed by atoms with Crippen LogP contribution in [0.3, 0.4) is 0 Å². The highest BCUT2D eigenvalue weighted by Gasteiger charge is 2.21. The second-order valence-corrected chi connectivity index (χ2v) is 4.40. The van der Waals surface area contributed by atoms with Gasteiger partial charge >= 0.3 is 11.9 Å². The van der Waals surface area contributed by atoms with Crippen LogP contribution >= 0.6 is 23.2 Å². The minimum atomic E-state index is -1.08. The number of aliphatic carboxylic acids is 2. The van der Waals surface area contributed by atoms with Gasteiger partial charge in [-0.25, -0.2) is 0 Å². The molecule has 0 spiro atoms. The third kappa shape index (κ3) is 4.24. The molecule has 17 heavy (non-hydrogen) atoms. The van der Waals surface area contributed by atoms with Gasteiger partial charge in [0.15, 0.2) is 0 Å². The zero-order chi connectivity index (χ0) is 13.0. The summed E-state index contributed by atoms with van der Waals surface area (Å²) in [7, 11) is 0. The minimum Gasteiger partial charge on any atom is -0.481 e. The molecule has 0 saturated heterocycles. The number of rotatable bonds is 5. The number of carbonyl (C=O) groups is 2. The summed E-state index contributed by atoms with van der Waals surface area (Å²) >= 11 is 11.7. The van der Waals surface area contributed by atoms with Crippen molar-refractivity contribution in [1.82, 2.24) is 0 Å². The molecule has 0 radical (unpaired) electrons. The highest BCUT2D eigenvalue weighted by Crippen LogP contribution is 2.32. The Morgan fingerprint density at radius 3 is 2.12 bits per heavy atom. The van der Waals surface area contributed by atoms with Gasteiger partial charge in [0.05, 0.1) is 12.8 Å². The van der Waals surface area contributed by atoms with Crippen LogP contribution in [-0.4, -0.2) is 22.2 Å². The number of halogens is 2. The summed E-state index contributed by atoms with van der Waals surface area (Å²) in [4.78, 5) is 21.4. The van der Waals surface area contributed by atoms with Crippen molar-refractivity contribution in [2.24, 2.45) is 0 Å². The molecule has 1 rings (SSSR count). The zero-order valence-corrected chi connectivity index (χ0v) is 10.2. The highest BCUT2D eigenvalue weighted by molar-refractivity contribution is 6.33. The maximum Gasteiger partial charge on any atom is 0.303 e. The predicted molar refractivity (Wildman–Crippen MR) is 63.7 cm³/mol. The van der Waals surface area contributed by atoms with E-state index in [0.29, 0.717) is 15.6 Å². The average molecular weight is 277 g/mol. The summed E-state index contributed by atoms with van der Waals surface area (Å²) in [5.74, 6) is -2.84. The summed E-state index contributed by atoms with van der Waals surface area (Å²) in [5.41, 5.74) is 0.448. The molecule has 0 aliphatic carbocycles. The minimum absolute atomic E-state index is 0.299. The Morgan fingerprint density at radius 2 is 1.65 bits per heavy atom. The molecule has 0 fully saturated rings. The predicted octanol–water partition coefficient (Wildman–Crippen LogP) is 3.03. The standard InChI is InChI=1S/C11H10Cl2O4/c12-7-1-2-9(13)8(5-7)6(3-10(14)15)4-11(16)17/h1-2,5-6H,3-4H2,(H,14,15)(H,16,17). The molecule has 0 aromatic heterocycles. The molecule has 6 heteroatoms. The lowest BCUT2D eigenvalue weighted by molar-refractivity contribution is -0.139. The summed E-state index contributed by atoms with van der Waals surface area (Å²) in [6.07, 6.45) is -0.598. The van der Waals surface area contributed by atoms with E-state index in [1.54, 1.807) is 6.07 Å². The smallest absolute Gasteiger partial charge is 0.303 e. The summed E-state index contributed by atoms with van der Waals surface area (Å²) < 4.78 is 0. The monoisotopic (exact) mass is 276 g/mol. The van der Waals surface area contributed by atoms with E-state index in [1.807, 2.05) is 0 Å². The number of carboxylic acids is 2. The topological polar surface area (TPSA) is 74.6 Å². The highest BCUT2D eigenvalue weighted by atomic mass is 35.5. The first kappa shape index (κ1) is 13.8. The molecule has 0 saturated carbocycles. The first-order chi connectivity index (χ1) is 7.90. The Bertz CT molecular complexity index is 429. The number of benzene rings is 1. The van der Waals surface area contributed by atoms with E-state index < -0.39 is 17.9 Å². The molecule has 0 unspecified atom stereocenters. The maximum absolute atomic E-state index is 10.7. The van der Waals surface area contributed by atoms with Crippen LogP contribution in [0, 0.1) is 0 Å². The van der Waals surface area contributed by atoms with Crippen molar-refractivity contribution in [1.29, 1.82) is 0 Å². The van der Waals surface area contributed by atoms with Gasteiger partial charge in [0.25, 0.3) is 0 Å². The van der Waals surface area contributed by atoms with Crippen LogP contribution in [0.4, 0.5) is 0 Å². The van der Waals surface area contributed by atoms with E-state index in [0.717, 1.165) is 0 Å². The molecule has 4 nitrogen and oxygen atoms in total. The van der Waals surface area contributed by atoms with Gasteiger partial charge in [-0.05, 0) is 23.8 Å². The van der Waals surface area contributed by atoms with Crippen molar-refractivity contribution < 1.29 is 19.8 Å². The number of carboxylic acid groups (broad SMARTS) is 2. The van der Waals surface area contributed by atoms with Gasteiger partial charge in [0, 0.05) is 16.0 Å². The SMILES string of the molecule is O=C(O)CC(CC(=O)O)c1cc(Cl)ccc1Cl. The van der Waals surface area contributed by atoms with E-state index in [2.05, 4.69) is 0 Å². The molecule has 1 aromatic rings. The molecule has 92 valence electrons. The largest absolute Gasteiger partial charge is 0.481 e. The zero-order valence-electron chi connectivity index (χ0n) is 8.69. The third-order valence-corrected chi connectivity index (χ3v) is 2.82. The van der Waals surface area contributed by atoms with Crippen molar-refractivity contribution in [3.8, 4) is 0 Å². The van der Waals surface area contributed by atoms with E-state index >= 15 is 0 Å². The molecular weight excluding hydrogens is 267 g/mol. The first-order valence-corrected chi connectivity index (χ1v) is 5.54. The molecule has 0 heterocycles. The molecule has 0 aliphatic rings. The van der Waals surface area contributed by atoms with Crippen LogP contribution in [0.5, 0.6) is 0 Å². The van der Waals surface area contributed by atoms with Crippen molar-refractivity contribution in [3.63, 3.8) is 0 Å². The van der Waals surface area contributed by atoms with Crippen molar-refractivity contribution in [3.05, 3.63) is 33.8 Å². The van der Waals surface area contributed by atoms with Crippen LogP contribution in [0.25, 0.3) is 0 Å². The Morgan fingerprint density at radius 1 is 1.12 bits per heavy atom. The fourth-order valence-electron chi connectivity index (χ4n) is 1.54. The first-order valence-electron chi connectivity index (χ1n) is 4.78. The van der Waals surface area contributed by atoms with E-state index in [4.69, 9.17) is 33.4 Å². The molecule has 2 N–H and O–H groups in total. The quantitative estimate of drug-likeness (QED) is 0.867. The Balaban J connectivity index is 3.06. The van der Waals surface area contributed by atoms with Crippen molar-refractivity contribution in [2.45, 2.75) is 18.8 Å². The molecule has 0 amide bonds. The Hall–Kier alpha value is -1.26. The van der Waals surface area contributed by atoms with Gasteiger partial charge in [0.2, 0.25) is 0 Å². The van der Waals surface area contributed by atoms with Crippen LogP contribution < -0.4 is 0 Å². The fraction of sp³-hybridized carbons (Fsp3) is 0.273. The second-order valence-electron chi connectivity index (χ2n) is 3.56. The lowest BCUT2D eigenvalue weighted by Crippen LogP contribution is -2.11. The maximum atomic E-state index is 10.7. The van der Waals surface area contributed by atoms with Crippen LogP contribution in [0.2, 0.25) is 10.0 Å². The summed E-state index contributed by atoms with van der Waals surface area (Å²) in [6.45, 7) is 0. The second kappa shape index (κ2) is 5.89. The Kier molecular flexibility index (Phi) is 4.78. The summed E-state index contributed by atoms with van der Waals surface area (Å²) in [5, 5.41) is 18.2. The number of hydrogen-bond donors (Lipinski definition) is 2. The van der Waals surface area contributed by atoms with Gasteiger partial charge in [-0.2, -0.15) is 0 Å². The average Bonchev–Trinajstić information content (AvgIpc) is 2.19. The Labute approximate surface area is 108 Å². The van der Waals surface area contributed by atoms with Gasteiger partial charge in [-0.1, -0.05) is 23.2 Å². The summed E-state index contributed by atoms with van der Waals surface area (Å²) in [6, 6.07) is 4.59. The van der Waals surface area contributed by atoms with E-state index in [1.165, 1.54) is 12.1 Å². The lowest BCUT2D eigenvalue weighted by Gasteiger charge is -2.14. The van der Waals surface area contributed by atoms with Gasteiger partial charge in [0.1, 0.15) is 0 Å². The number of hydrogen-bond acceptors (Lipinski definition) is 2. The normalized spacial score (nSPS) is 10.5. The van der Waals surface area contributed by atoms with Gasteiger partial charge < -0.3 is 10.2 Å². The van der Waals surface area contributed by atoms with Crippen LogP contribution in [0.15, 0.2) is 18.2 Å². The van der Waals surface area contributed by atoms with Crippen molar-refractivity contribution in [2.75, 3.05) is 0 Å². The van der Waals surface area contributed by atoms with E-state index in [9.17, 15) is 9.59 Å². The van der Waals surface area contributed by atoms with Crippen molar-refractivity contribution >= 4 is 35.1 Å². The lowest BCUT2D eigenvalue weighted by atomic mass is 9.92. The van der Waals surface area contributed by atoms with E-state index in [-0.39, 0.29) is 12.8 Å².